The van der Waals surface area contributed by atoms with Crippen LogP contribution in [0.15, 0.2) is 34.9 Å². The maximum atomic E-state index is 13.2. The van der Waals surface area contributed by atoms with Gasteiger partial charge in [-0.25, -0.2) is 0 Å². The molecule has 1 saturated heterocycles. The Hall–Kier alpha value is -2.87. The van der Waals surface area contributed by atoms with Gasteiger partial charge in [0, 0.05) is 50.8 Å². The Kier molecular flexibility index (Phi) is 8.06. The number of methoxy groups -OCH3 is 1. The van der Waals surface area contributed by atoms with Crippen LogP contribution in [0.1, 0.15) is 43.6 Å². The number of aromatic nitrogens is 1. The van der Waals surface area contributed by atoms with E-state index < -0.39 is 0 Å². The Bertz CT molecular complexity index is 854. The van der Waals surface area contributed by atoms with Crippen molar-refractivity contribution in [2.75, 3.05) is 39.9 Å². The van der Waals surface area contributed by atoms with Crippen molar-refractivity contribution >= 4 is 11.8 Å². The molecule has 0 N–H and O–H groups in total. The quantitative estimate of drug-likeness (QED) is 0.576. The molecule has 1 fully saturated rings. The van der Waals surface area contributed by atoms with Crippen LogP contribution in [0.4, 0.5) is 0 Å². The molecule has 1 aliphatic heterocycles. The first-order chi connectivity index (χ1) is 15.0. The fourth-order valence-electron chi connectivity index (χ4n) is 3.70. The summed E-state index contributed by atoms with van der Waals surface area (Å²) in [6.45, 7) is 6.68. The summed E-state index contributed by atoms with van der Waals surface area (Å²) in [5.74, 6) is 1.02. The maximum absolute atomic E-state index is 13.2. The fraction of sp³-hybridized carbons (Fsp3) is 0.522. The molecule has 0 spiro atoms. The highest BCUT2D eigenvalue weighted by Gasteiger charge is 2.26. The van der Waals surface area contributed by atoms with E-state index in [4.69, 9.17) is 14.0 Å². The summed E-state index contributed by atoms with van der Waals surface area (Å²) in [7, 11) is 1.61. The molecule has 1 aromatic heterocycles. The minimum atomic E-state index is -0.258. The van der Waals surface area contributed by atoms with Gasteiger partial charge in [-0.1, -0.05) is 5.16 Å². The van der Waals surface area contributed by atoms with E-state index in [0.29, 0.717) is 38.5 Å². The average molecular weight is 430 g/mol. The number of carbonyl (C=O) groups excluding carboxylic acids is 2. The molecule has 8 heteroatoms. The maximum Gasteiger partial charge on any atom is 0.276 e. The third-order valence-corrected chi connectivity index (χ3v) is 5.55. The van der Waals surface area contributed by atoms with Gasteiger partial charge >= 0.3 is 0 Å². The zero-order valence-corrected chi connectivity index (χ0v) is 18.5. The Morgan fingerprint density at radius 2 is 1.90 bits per heavy atom. The zero-order valence-electron chi connectivity index (χ0n) is 18.5. The summed E-state index contributed by atoms with van der Waals surface area (Å²) < 4.78 is 16.3. The van der Waals surface area contributed by atoms with Crippen LogP contribution in [-0.4, -0.2) is 72.8 Å². The molecular formula is C23H31N3O5. The normalized spacial score (nSPS) is 15.6. The number of hydrogen-bond donors (Lipinski definition) is 0. The van der Waals surface area contributed by atoms with Gasteiger partial charge in [0.05, 0.1) is 13.2 Å². The second kappa shape index (κ2) is 10.9. The molecule has 2 amide bonds. The molecule has 0 radical (unpaired) electrons. The van der Waals surface area contributed by atoms with Gasteiger partial charge in [-0.3, -0.25) is 9.59 Å². The molecule has 3 rings (SSSR count). The van der Waals surface area contributed by atoms with Gasteiger partial charge in [-0.2, -0.15) is 0 Å². The lowest BCUT2D eigenvalue weighted by Crippen LogP contribution is -2.40. The second-order valence-electron chi connectivity index (χ2n) is 7.51. The van der Waals surface area contributed by atoms with Gasteiger partial charge < -0.3 is 23.8 Å². The van der Waals surface area contributed by atoms with Gasteiger partial charge in [0.2, 0.25) is 5.91 Å². The lowest BCUT2D eigenvalue weighted by atomic mass is 10.1. The molecule has 0 saturated carbocycles. The topological polar surface area (TPSA) is 85.1 Å². The third-order valence-electron chi connectivity index (χ3n) is 5.55. The number of ether oxygens (including phenoxy) is 2. The van der Waals surface area contributed by atoms with Crippen LogP contribution in [0, 0.1) is 0 Å². The number of carbonyl (C=O) groups is 2. The predicted octanol–water partition coefficient (Wildman–Crippen LogP) is 3.23. The van der Waals surface area contributed by atoms with Crippen molar-refractivity contribution in [3.63, 3.8) is 0 Å². The van der Waals surface area contributed by atoms with E-state index in [1.807, 2.05) is 38.1 Å². The van der Waals surface area contributed by atoms with Crippen LogP contribution in [0.3, 0.4) is 0 Å². The Balaban J connectivity index is 1.72. The van der Waals surface area contributed by atoms with Gasteiger partial charge in [0.25, 0.3) is 5.91 Å². The van der Waals surface area contributed by atoms with Crippen LogP contribution in [0.5, 0.6) is 5.75 Å². The summed E-state index contributed by atoms with van der Waals surface area (Å²) in [6, 6.07) is 8.98. The van der Waals surface area contributed by atoms with Crippen molar-refractivity contribution < 1.29 is 23.6 Å². The first kappa shape index (κ1) is 22.8. The molecule has 1 atom stereocenters. The van der Waals surface area contributed by atoms with Crippen molar-refractivity contribution in [1.29, 1.82) is 0 Å². The molecule has 8 nitrogen and oxygen atoms in total. The summed E-state index contributed by atoms with van der Waals surface area (Å²) in [6.07, 6.45) is 2.14. The van der Waals surface area contributed by atoms with Crippen molar-refractivity contribution in [3.05, 3.63) is 36.0 Å². The molecule has 2 heterocycles. The van der Waals surface area contributed by atoms with E-state index in [9.17, 15) is 9.59 Å². The minimum Gasteiger partial charge on any atom is -0.497 e. The Morgan fingerprint density at radius 3 is 2.52 bits per heavy atom. The van der Waals surface area contributed by atoms with E-state index in [0.717, 1.165) is 24.2 Å². The van der Waals surface area contributed by atoms with Crippen LogP contribution in [0.2, 0.25) is 0 Å². The lowest BCUT2D eigenvalue weighted by molar-refractivity contribution is -0.131. The molecule has 0 bridgehead atoms. The summed E-state index contributed by atoms with van der Waals surface area (Å²) in [4.78, 5) is 29.1. The number of amides is 2. The highest BCUT2D eigenvalue weighted by atomic mass is 16.5. The molecular weight excluding hydrogens is 398 g/mol. The molecule has 0 aliphatic carbocycles. The van der Waals surface area contributed by atoms with E-state index >= 15 is 0 Å². The van der Waals surface area contributed by atoms with Crippen LogP contribution in [-0.2, 0) is 9.53 Å². The predicted molar refractivity (Wildman–Crippen MR) is 116 cm³/mol. The molecule has 2 aromatic rings. The molecule has 31 heavy (non-hydrogen) atoms. The number of nitrogens with zero attached hydrogens (tertiary/aromatic N) is 3. The first-order valence-corrected chi connectivity index (χ1v) is 10.9. The number of hydrogen-bond acceptors (Lipinski definition) is 6. The van der Waals surface area contributed by atoms with E-state index in [1.165, 1.54) is 0 Å². The van der Waals surface area contributed by atoms with Gasteiger partial charge in [-0.05, 0) is 51.0 Å². The first-order valence-electron chi connectivity index (χ1n) is 10.9. The van der Waals surface area contributed by atoms with Crippen molar-refractivity contribution in [2.24, 2.45) is 0 Å². The summed E-state index contributed by atoms with van der Waals surface area (Å²) in [5.41, 5.74) is 1.02. The van der Waals surface area contributed by atoms with Crippen molar-refractivity contribution in [1.82, 2.24) is 15.0 Å². The van der Waals surface area contributed by atoms with E-state index in [-0.39, 0.29) is 30.0 Å². The third kappa shape index (κ3) is 5.85. The van der Waals surface area contributed by atoms with E-state index in [1.54, 1.807) is 23.0 Å². The summed E-state index contributed by atoms with van der Waals surface area (Å²) in [5, 5.41) is 3.99. The highest BCUT2D eigenvalue weighted by Crippen LogP contribution is 2.24. The van der Waals surface area contributed by atoms with Crippen LogP contribution < -0.4 is 4.74 Å². The Morgan fingerprint density at radius 1 is 1.16 bits per heavy atom. The van der Waals surface area contributed by atoms with Crippen molar-refractivity contribution in [2.45, 2.75) is 39.2 Å². The van der Waals surface area contributed by atoms with E-state index in [2.05, 4.69) is 5.16 Å². The van der Waals surface area contributed by atoms with Crippen LogP contribution >= 0.6 is 0 Å². The van der Waals surface area contributed by atoms with Gasteiger partial charge in [0.15, 0.2) is 11.5 Å². The zero-order chi connectivity index (χ0) is 22.2. The monoisotopic (exact) mass is 429 g/mol. The largest absolute Gasteiger partial charge is 0.497 e. The van der Waals surface area contributed by atoms with Gasteiger partial charge in [0.1, 0.15) is 5.75 Å². The highest BCUT2D eigenvalue weighted by molar-refractivity contribution is 5.93. The van der Waals surface area contributed by atoms with Gasteiger partial charge in [-0.15, -0.1) is 0 Å². The SMILES string of the molecule is CCN(CC)C(=O)CCN(CC1CCCO1)C(=O)c1cc(-c2ccc(OC)cc2)on1. The average Bonchev–Trinajstić information content (AvgIpc) is 3.49. The molecule has 1 unspecified atom stereocenters. The standard InChI is InChI=1S/C23H31N3O5/c1-4-25(5-2)22(27)12-13-26(16-19-7-6-14-30-19)23(28)20-15-21(31-24-20)17-8-10-18(29-3)11-9-17/h8-11,15,19H,4-7,12-14,16H2,1-3H3. The molecule has 1 aromatic carbocycles. The smallest absolute Gasteiger partial charge is 0.276 e. The fourth-order valence-corrected chi connectivity index (χ4v) is 3.70. The molecule has 168 valence electrons. The number of rotatable bonds is 10. The lowest BCUT2D eigenvalue weighted by Gasteiger charge is -2.26. The minimum absolute atomic E-state index is 0.0135. The molecule has 1 aliphatic rings. The second-order valence-corrected chi connectivity index (χ2v) is 7.51. The van der Waals surface area contributed by atoms with Crippen LogP contribution in [0.25, 0.3) is 11.3 Å². The number of benzene rings is 1. The Labute approximate surface area is 183 Å². The summed E-state index contributed by atoms with van der Waals surface area (Å²) >= 11 is 0. The van der Waals surface area contributed by atoms with Crippen molar-refractivity contribution in [3.8, 4) is 17.1 Å².